The van der Waals surface area contributed by atoms with Crippen molar-refractivity contribution in [2.45, 2.75) is 19.4 Å². The molecule has 0 bridgehead atoms. The van der Waals surface area contributed by atoms with Crippen molar-refractivity contribution in [1.82, 2.24) is 4.90 Å². The molecule has 0 saturated heterocycles. The normalized spacial score (nSPS) is 13.9. The second-order valence-corrected chi connectivity index (χ2v) is 2.56. The van der Waals surface area contributed by atoms with E-state index >= 15 is 0 Å². The van der Waals surface area contributed by atoms with Crippen molar-refractivity contribution >= 4 is 16.8 Å². The summed E-state index contributed by atoms with van der Waals surface area (Å²) in [7, 11) is 3.68. The molecular formula is C6H12ClNO. The number of rotatable bonds is 3. The minimum atomic E-state index is -0.275. The van der Waals surface area contributed by atoms with Crippen molar-refractivity contribution in [2.75, 3.05) is 14.1 Å². The maximum absolute atomic E-state index is 10.5. The van der Waals surface area contributed by atoms with Crippen LogP contribution in [0.4, 0.5) is 0 Å². The molecule has 0 aromatic carbocycles. The third-order valence-corrected chi connectivity index (χ3v) is 1.52. The maximum atomic E-state index is 10.5. The first-order chi connectivity index (χ1) is 4.09. The van der Waals surface area contributed by atoms with Crippen molar-refractivity contribution < 1.29 is 4.79 Å². The maximum Gasteiger partial charge on any atom is 0.238 e. The van der Waals surface area contributed by atoms with Gasteiger partial charge in [0.15, 0.2) is 0 Å². The van der Waals surface area contributed by atoms with Gasteiger partial charge in [0, 0.05) is 0 Å². The van der Waals surface area contributed by atoms with Crippen LogP contribution < -0.4 is 0 Å². The van der Waals surface area contributed by atoms with Gasteiger partial charge in [-0.3, -0.25) is 9.69 Å². The summed E-state index contributed by atoms with van der Waals surface area (Å²) in [5.74, 6) is 0. The van der Waals surface area contributed by atoms with Gasteiger partial charge in [-0.05, 0) is 32.1 Å². The van der Waals surface area contributed by atoms with Crippen LogP contribution in [0.5, 0.6) is 0 Å². The fraction of sp³-hybridized carbons (Fsp3) is 0.833. The van der Waals surface area contributed by atoms with Crippen molar-refractivity contribution in [3.63, 3.8) is 0 Å². The Morgan fingerprint density at radius 3 is 2.11 bits per heavy atom. The second-order valence-electron chi connectivity index (χ2n) is 2.19. The minimum absolute atomic E-state index is 0.119. The van der Waals surface area contributed by atoms with Crippen LogP contribution in [0.3, 0.4) is 0 Å². The van der Waals surface area contributed by atoms with Crippen LogP contribution in [0, 0.1) is 0 Å². The van der Waals surface area contributed by atoms with Crippen molar-refractivity contribution in [1.29, 1.82) is 0 Å². The number of carbonyl (C=O) groups excluding carboxylic acids is 1. The van der Waals surface area contributed by atoms with E-state index in [0.717, 1.165) is 6.42 Å². The molecule has 3 heteroatoms. The first-order valence-corrected chi connectivity index (χ1v) is 3.33. The smallest absolute Gasteiger partial charge is 0.238 e. The molecule has 0 radical (unpaired) electrons. The average Bonchev–Trinajstić information content (AvgIpc) is 1.64. The molecule has 0 N–H and O–H groups in total. The quantitative estimate of drug-likeness (QED) is 0.560. The number of halogens is 1. The van der Waals surface area contributed by atoms with Crippen LogP contribution in [0.1, 0.15) is 13.3 Å². The lowest BCUT2D eigenvalue weighted by Gasteiger charge is -2.17. The highest BCUT2D eigenvalue weighted by Gasteiger charge is 2.14. The molecule has 0 aliphatic rings. The zero-order valence-electron chi connectivity index (χ0n) is 6.02. The third kappa shape index (κ3) is 2.82. The zero-order valence-corrected chi connectivity index (χ0v) is 6.77. The van der Waals surface area contributed by atoms with Gasteiger partial charge in [-0.25, -0.2) is 0 Å². The van der Waals surface area contributed by atoms with Crippen LogP contribution in [0.25, 0.3) is 0 Å². The summed E-state index contributed by atoms with van der Waals surface area (Å²) >= 11 is 5.26. The van der Waals surface area contributed by atoms with Crippen molar-refractivity contribution in [2.24, 2.45) is 0 Å². The van der Waals surface area contributed by atoms with E-state index in [1.165, 1.54) is 0 Å². The Hall–Kier alpha value is -0.0800. The summed E-state index contributed by atoms with van der Waals surface area (Å²) in [6.07, 6.45) is 0.773. The van der Waals surface area contributed by atoms with Crippen molar-refractivity contribution in [3.8, 4) is 0 Å². The largest absolute Gasteiger partial charge is 0.299 e. The lowest BCUT2D eigenvalue weighted by atomic mass is 10.2. The number of nitrogens with zero attached hydrogens (tertiary/aromatic N) is 1. The highest BCUT2D eigenvalue weighted by atomic mass is 35.5. The van der Waals surface area contributed by atoms with Gasteiger partial charge >= 0.3 is 0 Å². The third-order valence-electron chi connectivity index (χ3n) is 1.27. The molecule has 0 aliphatic carbocycles. The molecule has 0 rings (SSSR count). The van der Waals surface area contributed by atoms with E-state index in [1.807, 2.05) is 25.9 Å². The van der Waals surface area contributed by atoms with E-state index in [4.69, 9.17) is 11.6 Å². The van der Waals surface area contributed by atoms with Gasteiger partial charge < -0.3 is 0 Å². The molecule has 1 atom stereocenters. The van der Waals surface area contributed by atoms with Crippen LogP contribution in [-0.2, 0) is 4.79 Å². The lowest BCUT2D eigenvalue weighted by Crippen LogP contribution is -2.32. The predicted molar refractivity (Wildman–Crippen MR) is 38.6 cm³/mol. The lowest BCUT2D eigenvalue weighted by molar-refractivity contribution is -0.115. The van der Waals surface area contributed by atoms with E-state index in [1.54, 1.807) is 0 Å². The molecule has 0 aromatic rings. The molecular weight excluding hydrogens is 138 g/mol. The summed E-state index contributed by atoms with van der Waals surface area (Å²) in [5, 5.41) is -0.275. The minimum Gasteiger partial charge on any atom is -0.299 e. The Kier molecular flexibility index (Phi) is 3.82. The fourth-order valence-corrected chi connectivity index (χ4v) is 1.08. The van der Waals surface area contributed by atoms with Crippen molar-refractivity contribution in [3.05, 3.63) is 0 Å². The van der Waals surface area contributed by atoms with E-state index in [-0.39, 0.29) is 11.3 Å². The summed E-state index contributed by atoms with van der Waals surface area (Å²) in [5.41, 5.74) is 0. The fourth-order valence-electron chi connectivity index (χ4n) is 0.729. The molecule has 0 aromatic heterocycles. The van der Waals surface area contributed by atoms with Crippen LogP contribution in [-0.4, -0.2) is 30.3 Å². The first kappa shape index (κ1) is 8.92. The Balaban J connectivity index is 3.83. The Bertz CT molecular complexity index is 103. The number of likely N-dealkylation sites (N-methyl/N-ethyl adjacent to an activating group) is 1. The molecule has 0 spiro atoms. The van der Waals surface area contributed by atoms with Crippen LogP contribution >= 0.6 is 11.6 Å². The molecule has 9 heavy (non-hydrogen) atoms. The van der Waals surface area contributed by atoms with E-state index in [2.05, 4.69) is 0 Å². The van der Waals surface area contributed by atoms with Crippen LogP contribution in [0.2, 0.25) is 0 Å². The predicted octanol–water partition coefficient (Wildman–Crippen LogP) is 1.09. The summed E-state index contributed by atoms with van der Waals surface area (Å²) in [4.78, 5) is 12.4. The Morgan fingerprint density at radius 2 is 2.11 bits per heavy atom. The van der Waals surface area contributed by atoms with Gasteiger partial charge in [-0.2, -0.15) is 0 Å². The van der Waals surface area contributed by atoms with E-state index < -0.39 is 0 Å². The highest BCUT2D eigenvalue weighted by Crippen LogP contribution is 2.02. The van der Waals surface area contributed by atoms with Gasteiger partial charge in [0.2, 0.25) is 5.24 Å². The van der Waals surface area contributed by atoms with Gasteiger partial charge in [0.25, 0.3) is 0 Å². The molecule has 0 aliphatic heterocycles. The summed E-state index contributed by atoms with van der Waals surface area (Å²) < 4.78 is 0. The van der Waals surface area contributed by atoms with Gasteiger partial charge in [0.05, 0.1) is 6.04 Å². The average molecular weight is 150 g/mol. The summed E-state index contributed by atoms with van der Waals surface area (Å²) in [6, 6.07) is -0.119. The molecule has 2 nitrogen and oxygen atoms in total. The second kappa shape index (κ2) is 3.85. The molecule has 54 valence electrons. The standard InChI is InChI=1S/C6H12ClNO/c1-4-5(6(7)9)8(2)3/h5H,4H2,1-3H3. The van der Waals surface area contributed by atoms with Gasteiger partial charge in [-0.15, -0.1) is 0 Å². The molecule has 0 heterocycles. The number of hydrogen-bond acceptors (Lipinski definition) is 2. The zero-order chi connectivity index (χ0) is 7.44. The van der Waals surface area contributed by atoms with Gasteiger partial charge in [0.1, 0.15) is 0 Å². The number of hydrogen-bond donors (Lipinski definition) is 0. The summed E-state index contributed by atoms with van der Waals surface area (Å²) in [6.45, 7) is 1.94. The van der Waals surface area contributed by atoms with E-state index in [9.17, 15) is 4.79 Å². The van der Waals surface area contributed by atoms with Gasteiger partial charge in [-0.1, -0.05) is 6.92 Å². The first-order valence-electron chi connectivity index (χ1n) is 2.95. The van der Waals surface area contributed by atoms with Crippen LogP contribution in [0.15, 0.2) is 0 Å². The molecule has 0 amide bonds. The molecule has 1 unspecified atom stereocenters. The highest BCUT2D eigenvalue weighted by molar-refractivity contribution is 6.64. The number of carbonyl (C=O) groups is 1. The Labute approximate surface area is 60.8 Å². The SMILES string of the molecule is CCC(C(=O)Cl)N(C)C. The van der Waals surface area contributed by atoms with E-state index in [0.29, 0.717) is 0 Å². The Morgan fingerprint density at radius 1 is 1.67 bits per heavy atom. The molecule has 0 fully saturated rings. The topological polar surface area (TPSA) is 20.3 Å². The monoisotopic (exact) mass is 149 g/mol. The molecule has 0 saturated carbocycles.